The number of carbonyl (C=O) groups excluding carboxylic acids is 2. The third kappa shape index (κ3) is 3.42. The minimum absolute atomic E-state index is 0.0506. The maximum absolute atomic E-state index is 11.2. The van der Waals surface area contributed by atoms with E-state index >= 15 is 0 Å². The van der Waals surface area contributed by atoms with Crippen molar-refractivity contribution in [2.45, 2.75) is 6.92 Å². The number of carbonyl (C=O) groups is 2. The lowest BCUT2D eigenvalue weighted by molar-refractivity contribution is -0.113. The van der Waals surface area contributed by atoms with Gasteiger partial charge in [-0.05, 0) is 35.8 Å². The zero-order valence-electron chi connectivity index (χ0n) is 11.2. The van der Waals surface area contributed by atoms with Crippen molar-refractivity contribution in [2.75, 3.05) is 0 Å². The number of hydrogen-bond donors (Lipinski definition) is 1. The first-order chi connectivity index (χ1) is 9.56. The highest BCUT2D eigenvalue weighted by Gasteiger charge is 2.01. The Labute approximate surface area is 117 Å². The first-order valence-corrected chi connectivity index (χ1v) is 6.25. The van der Waals surface area contributed by atoms with E-state index < -0.39 is 5.91 Å². The van der Waals surface area contributed by atoms with Gasteiger partial charge >= 0.3 is 0 Å². The molecule has 3 heteroatoms. The van der Waals surface area contributed by atoms with Gasteiger partial charge in [-0.1, -0.05) is 42.5 Å². The maximum Gasteiger partial charge on any atom is 0.241 e. The summed E-state index contributed by atoms with van der Waals surface area (Å²) in [5, 5.41) is 0. The molecule has 0 heterocycles. The lowest BCUT2D eigenvalue weighted by Crippen LogP contribution is -2.05. The van der Waals surface area contributed by atoms with Gasteiger partial charge < -0.3 is 5.73 Å². The Hall–Kier alpha value is -2.68. The van der Waals surface area contributed by atoms with Crippen LogP contribution in [-0.4, -0.2) is 11.7 Å². The van der Waals surface area contributed by atoms with Gasteiger partial charge in [0.15, 0.2) is 5.78 Å². The molecule has 0 saturated carbocycles. The maximum atomic E-state index is 11.2. The fourth-order valence-corrected chi connectivity index (χ4v) is 1.90. The highest BCUT2D eigenvalue weighted by Crippen LogP contribution is 2.21. The molecule has 20 heavy (non-hydrogen) atoms. The van der Waals surface area contributed by atoms with E-state index in [1.807, 2.05) is 48.5 Å². The first kappa shape index (κ1) is 13.7. The van der Waals surface area contributed by atoms with Crippen molar-refractivity contribution in [1.82, 2.24) is 0 Å². The van der Waals surface area contributed by atoms with Crippen molar-refractivity contribution in [3.8, 4) is 11.1 Å². The summed E-state index contributed by atoms with van der Waals surface area (Å²) in [6.45, 7) is 1.55. The third-order valence-corrected chi connectivity index (χ3v) is 2.95. The van der Waals surface area contributed by atoms with Crippen LogP contribution in [0.15, 0.2) is 54.6 Å². The van der Waals surface area contributed by atoms with Crippen LogP contribution in [0.5, 0.6) is 0 Å². The van der Waals surface area contributed by atoms with E-state index in [-0.39, 0.29) is 5.78 Å². The Morgan fingerprint density at radius 2 is 1.70 bits per heavy atom. The molecule has 0 spiro atoms. The van der Waals surface area contributed by atoms with Crippen LogP contribution in [0.1, 0.15) is 22.8 Å². The summed E-state index contributed by atoms with van der Waals surface area (Å²) in [4.78, 5) is 22.0. The van der Waals surface area contributed by atoms with E-state index in [1.54, 1.807) is 13.0 Å². The van der Waals surface area contributed by atoms with Crippen LogP contribution >= 0.6 is 0 Å². The van der Waals surface area contributed by atoms with Gasteiger partial charge in [-0.3, -0.25) is 9.59 Å². The summed E-state index contributed by atoms with van der Waals surface area (Å²) in [6, 6.07) is 15.2. The number of hydrogen-bond acceptors (Lipinski definition) is 2. The Kier molecular flexibility index (Phi) is 4.11. The fraction of sp³-hybridized carbons (Fsp3) is 0.0588. The van der Waals surface area contributed by atoms with Gasteiger partial charge in [0.25, 0.3) is 0 Å². The second-order valence-corrected chi connectivity index (χ2v) is 4.49. The fourth-order valence-electron chi connectivity index (χ4n) is 1.90. The predicted octanol–water partition coefficient (Wildman–Crippen LogP) is 3.05. The van der Waals surface area contributed by atoms with E-state index in [9.17, 15) is 9.59 Å². The zero-order chi connectivity index (χ0) is 14.5. The molecule has 2 aromatic rings. The van der Waals surface area contributed by atoms with Gasteiger partial charge in [0.2, 0.25) is 5.91 Å². The molecule has 2 N–H and O–H groups in total. The van der Waals surface area contributed by atoms with Crippen LogP contribution < -0.4 is 5.73 Å². The first-order valence-electron chi connectivity index (χ1n) is 6.25. The Bertz CT molecular complexity index is 670. The van der Waals surface area contributed by atoms with Crippen LogP contribution in [0.25, 0.3) is 17.2 Å². The average Bonchev–Trinajstić information content (AvgIpc) is 2.45. The normalized spacial score (nSPS) is 10.7. The molecule has 0 aliphatic heterocycles. The lowest BCUT2D eigenvalue weighted by Gasteiger charge is -2.04. The molecule has 0 aliphatic carbocycles. The molecule has 0 aromatic heterocycles. The number of rotatable bonds is 4. The molecule has 0 atom stereocenters. The topological polar surface area (TPSA) is 60.2 Å². The number of amides is 1. The Morgan fingerprint density at radius 3 is 2.30 bits per heavy atom. The van der Waals surface area contributed by atoms with Crippen molar-refractivity contribution < 1.29 is 9.59 Å². The summed E-state index contributed by atoms with van der Waals surface area (Å²) in [5.74, 6) is -0.420. The van der Waals surface area contributed by atoms with Gasteiger partial charge in [-0.2, -0.15) is 0 Å². The molecule has 0 radical (unpaired) electrons. The second-order valence-electron chi connectivity index (χ2n) is 4.49. The van der Waals surface area contributed by atoms with E-state index in [0.29, 0.717) is 5.56 Å². The molecular weight excluding hydrogens is 250 g/mol. The Morgan fingerprint density at radius 1 is 1.00 bits per heavy atom. The standard InChI is InChI=1S/C17H15NO2/c1-12(19)14-6-8-15(9-7-14)16-4-2-3-13(11-16)5-10-17(18)20/h2-11H,1H3,(H2,18,20)/b10-5-. The van der Waals surface area contributed by atoms with Crippen LogP contribution in [0.4, 0.5) is 0 Å². The Balaban J connectivity index is 2.31. The van der Waals surface area contributed by atoms with Gasteiger partial charge in [0.05, 0.1) is 0 Å². The van der Waals surface area contributed by atoms with Crippen molar-refractivity contribution in [3.05, 3.63) is 65.7 Å². The predicted molar refractivity (Wildman–Crippen MR) is 80.1 cm³/mol. The summed E-state index contributed by atoms with van der Waals surface area (Å²) >= 11 is 0. The van der Waals surface area contributed by atoms with Crippen molar-refractivity contribution >= 4 is 17.8 Å². The number of primary amides is 1. The summed E-state index contributed by atoms with van der Waals surface area (Å²) in [5.41, 5.74) is 8.71. The van der Waals surface area contributed by atoms with E-state index in [0.717, 1.165) is 16.7 Å². The van der Waals surface area contributed by atoms with Crippen LogP contribution in [-0.2, 0) is 4.79 Å². The number of nitrogens with two attached hydrogens (primary N) is 1. The average molecular weight is 265 g/mol. The molecule has 0 saturated heterocycles. The lowest BCUT2D eigenvalue weighted by atomic mass is 10.0. The number of Topliss-reactive ketones (excluding diaryl/α,β-unsaturated/α-hetero) is 1. The van der Waals surface area contributed by atoms with Crippen molar-refractivity contribution in [2.24, 2.45) is 5.73 Å². The summed E-state index contributed by atoms with van der Waals surface area (Å²) in [6.07, 6.45) is 3.01. The van der Waals surface area contributed by atoms with Crippen LogP contribution in [0.2, 0.25) is 0 Å². The van der Waals surface area contributed by atoms with Crippen LogP contribution in [0, 0.1) is 0 Å². The molecule has 0 fully saturated rings. The molecule has 1 amide bonds. The van der Waals surface area contributed by atoms with E-state index in [4.69, 9.17) is 5.73 Å². The molecule has 2 rings (SSSR count). The highest BCUT2D eigenvalue weighted by molar-refractivity contribution is 5.94. The number of ketones is 1. The SMILES string of the molecule is CC(=O)c1ccc(-c2cccc(/C=C\C(N)=O)c2)cc1. The molecule has 0 aliphatic rings. The third-order valence-electron chi connectivity index (χ3n) is 2.95. The van der Waals surface area contributed by atoms with Crippen molar-refractivity contribution in [1.29, 1.82) is 0 Å². The quantitative estimate of drug-likeness (QED) is 0.682. The minimum Gasteiger partial charge on any atom is -0.366 e. The molecule has 0 bridgehead atoms. The summed E-state index contributed by atoms with van der Waals surface area (Å²) in [7, 11) is 0. The zero-order valence-corrected chi connectivity index (χ0v) is 11.2. The largest absolute Gasteiger partial charge is 0.366 e. The monoisotopic (exact) mass is 265 g/mol. The molecule has 2 aromatic carbocycles. The van der Waals surface area contributed by atoms with E-state index in [1.165, 1.54) is 6.08 Å². The molecule has 3 nitrogen and oxygen atoms in total. The second kappa shape index (κ2) is 5.97. The van der Waals surface area contributed by atoms with Crippen molar-refractivity contribution in [3.63, 3.8) is 0 Å². The highest BCUT2D eigenvalue weighted by atomic mass is 16.1. The van der Waals surface area contributed by atoms with E-state index in [2.05, 4.69) is 0 Å². The molecular formula is C17H15NO2. The van der Waals surface area contributed by atoms with Crippen LogP contribution in [0.3, 0.4) is 0 Å². The molecule has 100 valence electrons. The molecule has 0 unspecified atom stereocenters. The van der Waals surface area contributed by atoms with Gasteiger partial charge in [-0.15, -0.1) is 0 Å². The van der Waals surface area contributed by atoms with Gasteiger partial charge in [0.1, 0.15) is 0 Å². The minimum atomic E-state index is -0.471. The van der Waals surface area contributed by atoms with Gasteiger partial charge in [-0.25, -0.2) is 0 Å². The van der Waals surface area contributed by atoms with Gasteiger partial charge in [0, 0.05) is 11.6 Å². The smallest absolute Gasteiger partial charge is 0.241 e. The number of benzene rings is 2. The summed E-state index contributed by atoms with van der Waals surface area (Å²) < 4.78 is 0.